The molecular formula is C17H18N2O3. The number of carbonyl (C=O) groups is 2. The number of benzene rings is 2. The quantitative estimate of drug-likeness (QED) is 0.761. The second-order valence-electron chi connectivity index (χ2n) is 4.82. The third-order valence-electron chi connectivity index (χ3n) is 3.07. The molecule has 22 heavy (non-hydrogen) atoms. The van der Waals surface area contributed by atoms with Gasteiger partial charge in [-0.2, -0.15) is 0 Å². The number of anilines is 1. The Kier molecular flexibility index (Phi) is 5.68. The predicted octanol–water partition coefficient (Wildman–Crippen LogP) is 1.86. The first-order valence-corrected chi connectivity index (χ1v) is 7.00. The van der Waals surface area contributed by atoms with Crippen LogP contribution in [-0.2, 0) is 9.59 Å². The maximum Gasteiger partial charge on any atom is 0.243 e. The van der Waals surface area contributed by atoms with Crippen LogP contribution in [0.1, 0.15) is 18.1 Å². The molecule has 3 N–H and O–H groups in total. The molecule has 1 unspecified atom stereocenters. The van der Waals surface area contributed by atoms with Crippen LogP contribution in [0.15, 0.2) is 60.7 Å². The van der Waals surface area contributed by atoms with Gasteiger partial charge in [-0.15, -0.1) is 0 Å². The van der Waals surface area contributed by atoms with E-state index in [1.54, 1.807) is 36.4 Å². The van der Waals surface area contributed by atoms with E-state index in [0.29, 0.717) is 11.3 Å². The summed E-state index contributed by atoms with van der Waals surface area (Å²) in [6.45, 7) is -0.130. The number of para-hydroxylation sites is 1. The van der Waals surface area contributed by atoms with Crippen molar-refractivity contribution in [3.05, 3.63) is 66.2 Å². The van der Waals surface area contributed by atoms with E-state index >= 15 is 0 Å². The Hall–Kier alpha value is -2.66. The number of hydrogen-bond acceptors (Lipinski definition) is 3. The van der Waals surface area contributed by atoms with Crippen molar-refractivity contribution in [3.8, 4) is 0 Å². The fourth-order valence-corrected chi connectivity index (χ4v) is 1.95. The number of nitrogens with one attached hydrogen (secondary N) is 2. The fraction of sp³-hybridized carbons (Fsp3) is 0.176. The molecule has 2 amide bonds. The van der Waals surface area contributed by atoms with Gasteiger partial charge in [-0.1, -0.05) is 48.5 Å². The van der Waals surface area contributed by atoms with Gasteiger partial charge in [-0.05, 0) is 17.7 Å². The van der Waals surface area contributed by atoms with Crippen LogP contribution in [0, 0.1) is 0 Å². The fourth-order valence-electron chi connectivity index (χ4n) is 1.95. The normalized spacial score (nSPS) is 11.5. The Bertz CT molecular complexity index is 614. The average molecular weight is 298 g/mol. The molecule has 5 heteroatoms. The molecule has 2 aromatic rings. The van der Waals surface area contributed by atoms with Gasteiger partial charge in [0.2, 0.25) is 11.8 Å². The van der Waals surface area contributed by atoms with Crippen LogP contribution in [0.2, 0.25) is 0 Å². The topological polar surface area (TPSA) is 78.4 Å². The van der Waals surface area contributed by atoms with Crippen LogP contribution in [0.5, 0.6) is 0 Å². The highest BCUT2D eigenvalue weighted by atomic mass is 16.3. The summed E-state index contributed by atoms with van der Waals surface area (Å²) in [5, 5.41) is 15.1. The number of aliphatic hydroxyl groups excluding tert-OH is 1. The zero-order chi connectivity index (χ0) is 15.8. The van der Waals surface area contributed by atoms with Crippen LogP contribution in [0.4, 0.5) is 5.69 Å². The number of carbonyl (C=O) groups excluding carboxylic acids is 2. The van der Waals surface area contributed by atoms with E-state index in [0.717, 1.165) is 0 Å². The van der Waals surface area contributed by atoms with Crippen molar-refractivity contribution in [1.82, 2.24) is 5.32 Å². The Morgan fingerprint density at radius 2 is 1.50 bits per heavy atom. The molecule has 0 fully saturated rings. The van der Waals surface area contributed by atoms with Crippen molar-refractivity contribution >= 4 is 17.5 Å². The molecule has 114 valence electrons. The molecule has 0 bridgehead atoms. The van der Waals surface area contributed by atoms with Gasteiger partial charge >= 0.3 is 0 Å². The highest BCUT2D eigenvalue weighted by Gasteiger charge is 2.13. The SMILES string of the molecule is O=C(CC(O)c1ccccc1)NCC(=O)Nc1ccccc1. The number of aliphatic hydroxyl groups is 1. The summed E-state index contributed by atoms with van der Waals surface area (Å²) < 4.78 is 0. The highest BCUT2D eigenvalue weighted by molar-refractivity contribution is 5.94. The van der Waals surface area contributed by atoms with Gasteiger partial charge in [0.1, 0.15) is 0 Å². The van der Waals surface area contributed by atoms with Crippen LogP contribution in [0.25, 0.3) is 0 Å². The first kappa shape index (κ1) is 15.7. The molecular weight excluding hydrogens is 280 g/mol. The molecule has 5 nitrogen and oxygen atoms in total. The molecule has 0 radical (unpaired) electrons. The van der Waals surface area contributed by atoms with Gasteiger partial charge in [-0.3, -0.25) is 9.59 Å². The van der Waals surface area contributed by atoms with Crippen molar-refractivity contribution in [1.29, 1.82) is 0 Å². The first-order valence-electron chi connectivity index (χ1n) is 7.00. The standard InChI is InChI=1S/C17H18N2O3/c20-15(13-7-3-1-4-8-13)11-16(21)18-12-17(22)19-14-9-5-2-6-10-14/h1-10,15,20H,11-12H2,(H,18,21)(H,19,22). The van der Waals surface area contributed by atoms with Gasteiger partial charge in [-0.25, -0.2) is 0 Å². The van der Waals surface area contributed by atoms with Gasteiger partial charge in [0.15, 0.2) is 0 Å². The maximum atomic E-state index is 11.7. The smallest absolute Gasteiger partial charge is 0.243 e. The Morgan fingerprint density at radius 1 is 0.909 bits per heavy atom. The second kappa shape index (κ2) is 7.95. The van der Waals surface area contributed by atoms with Crippen LogP contribution in [-0.4, -0.2) is 23.5 Å². The third-order valence-corrected chi connectivity index (χ3v) is 3.07. The summed E-state index contributed by atoms with van der Waals surface area (Å²) in [6.07, 6.45) is -0.957. The molecule has 0 heterocycles. The van der Waals surface area contributed by atoms with Gasteiger partial charge in [0.05, 0.1) is 19.1 Å². The van der Waals surface area contributed by atoms with Crippen molar-refractivity contribution in [2.45, 2.75) is 12.5 Å². The molecule has 2 aromatic carbocycles. The molecule has 0 aliphatic heterocycles. The summed E-state index contributed by atoms with van der Waals surface area (Å²) >= 11 is 0. The lowest BCUT2D eigenvalue weighted by atomic mass is 10.1. The summed E-state index contributed by atoms with van der Waals surface area (Å²) in [7, 11) is 0. The lowest BCUT2D eigenvalue weighted by Crippen LogP contribution is -2.33. The maximum absolute atomic E-state index is 11.7. The number of rotatable bonds is 6. The number of amides is 2. The summed E-state index contributed by atoms with van der Waals surface area (Å²) in [5.41, 5.74) is 1.34. The van der Waals surface area contributed by atoms with Crippen molar-refractivity contribution in [2.75, 3.05) is 11.9 Å². The van der Waals surface area contributed by atoms with E-state index in [9.17, 15) is 14.7 Å². The second-order valence-corrected chi connectivity index (χ2v) is 4.82. The lowest BCUT2D eigenvalue weighted by Gasteiger charge is -2.11. The van der Waals surface area contributed by atoms with E-state index in [2.05, 4.69) is 10.6 Å². The molecule has 0 aliphatic rings. The molecule has 0 aromatic heterocycles. The molecule has 0 aliphatic carbocycles. The Morgan fingerprint density at radius 3 is 2.14 bits per heavy atom. The van der Waals surface area contributed by atoms with E-state index < -0.39 is 6.10 Å². The van der Waals surface area contributed by atoms with Gasteiger partial charge in [0, 0.05) is 5.69 Å². The van der Waals surface area contributed by atoms with Gasteiger partial charge < -0.3 is 15.7 Å². The van der Waals surface area contributed by atoms with Crippen LogP contribution >= 0.6 is 0 Å². The van der Waals surface area contributed by atoms with E-state index in [4.69, 9.17) is 0 Å². The predicted molar refractivity (Wildman–Crippen MR) is 84.1 cm³/mol. The van der Waals surface area contributed by atoms with Crippen molar-refractivity contribution in [3.63, 3.8) is 0 Å². The summed E-state index contributed by atoms with van der Waals surface area (Å²) in [4.78, 5) is 23.4. The Labute approximate surface area is 129 Å². The zero-order valence-corrected chi connectivity index (χ0v) is 12.0. The lowest BCUT2D eigenvalue weighted by molar-refractivity contribution is -0.125. The molecule has 0 saturated carbocycles. The van der Waals surface area contributed by atoms with Crippen LogP contribution < -0.4 is 10.6 Å². The minimum atomic E-state index is -0.876. The van der Waals surface area contributed by atoms with Gasteiger partial charge in [0.25, 0.3) is 0 Å². The summed E-state index contributed by atoms with van der Waals surface area (Å²) in [5.74, 6) is -0.687. The Balaban J connectivity index is 1.74. The molecule has 0 spiro atoms. The first-order chi connectivity index (χ1) is 10.6. The average Bonchev–Trinajstić information content (AvgIpc) is 2.55. The monoisotopic (exact) mass is 298 g/mol. The zero-order valence-electron chi connectivity index (χ0n) is 12.0. The van der Waals surface area contributed by atoms with E-state index in [-0.39, 0.29) is 24.8 Å². The largest absolute Gasteiger partial charge is 0.388 e. The minimum absolute atomic E-state index is 0.0807. The van der Waals surface area contributed by atoms with Crippen molar-refractivity contribution in [2.24, 2.45) is 0 Å². The summed E-state index contributed by atoms with van der Waals surface area (Å²) in [6, 6.07) is 17.9. The minimum Gasteiger partial charge on any atom is -0.388 e. The number of hydrogen-bond donors (Lipinski definition) is 3. The molecule has 2 rings (SSSR count). The molecule has 0 saturated heterocycles. The molecule has 1 atom stereocenters. The van der Waals surface area contributed by atoms with Crippen LogP contribution in [0.3, 0.4) is 0 Å². The van der Waals surface area contributed by atoms with E-state index in [1.165, 1.54) is 0 Å². The van der Waals surface area contributed by atoms with E-state index in [1.807, 2.05) is 24.3 Å². The highest BCUT2D eigenvalue weighted by Crippen LogP contribution is 2.15. The third kappa shape index (κ3) is 5.03. The van der Waals surface area contributed by atoms with Crippen molar-refractivity contribution < 1.29 is 14.7 Å².